The van der Waals surface area contributed by atoms with E-state index >= 15 is 0 Å². The van der Waals surface area contributed by atoms with Crippen molar-refractivity contribution in [3.05, 3.63) is 69.5 Å². The summed E-state index contributed by atoms with van der Waals surface area (Å²) in [6.07, 6.45) is 0. The van der Waals surface area contributed by atoms with Gasteiger partial charge in [0.25, 0.3) is 5.56 Å². The van der Waals surface area contributed by atoms with Crippen molar-refractivity contribution >= 4 is 34.8 Å². The van der Waals surface area contributed by atoms with Gasteiger partial charge in [0.1, 0.15) is 18.2 Å². The van der Waals surface area contributed by atoms with Crippen LogP contribution in [0.15, 0.2) is 53.3 Å². The largest absolute Gasteiger partial charge is 0.382 e. The summed E-state index contributed by atoms with van der Waals surface area (Å²) in [6.45, 7) is 0.626. The first-order chi connectivity index (χ1) is 15.5. The Bertz CT molecular complexity index is 1170. The molecule has 10 heteroatoms. The number of halogens is 1. The first-order valence-electron chi connectivity index (χ1n) is 9.54. The third-order valence-electron chi connectivity index (χ3n) is 4.25. The van der Waals surface area contributed by atoms with Crippen molar-refractivity contribution in [2.24, 2.45) is 0 Å². The molecular weight excluding hydrogens is 434 g/mol. The number of nitrogens with zero attached hydrogens (tertiary/aromatic N) is 2. The fourth-order valence-corrected chi connectivity index (χ4v) is 2.86. The number of hydrogen-bond donors (Lipinski definition) is 3. The molecule has 0 bridgehead atoms. The summed E-state index contributed by atoms with van der Waals surface area (Å²) in [5.41, 5.74) is 1.28. The highest BCUT2D eigenvalue weighted by atomic mass is 35.5. The molecule has 1 amide bonds. The minimum Gasteiger partial charge on any atom is -0.382 e. The third-order valence-corrected chi connectivity index (χ3v) is 4.50. The second-order valence-corrected chi connectivity index (χ2v) is 6.99. The number of aromatic nitrogens is 2. The van der Waals surface area contributed by atoms with Gasteiger partial charge in [0, 0.05) is 29.1 Å². The number of hydrogen-bond acceptors (Lipinski definition) is 7. The van der Waals surface area contributed by atoms with Crippen molar-refractivity contribution in [1.82, 2.24) is 9.97 Å². The number of anilines is 3. The zero-order valence-electron chi connectivity index (χ0n) is 17.1. The van der Waals surface area contributed by atoms with Gasteiger partial charge < -0.3 is 20.1 Å². The number of methoxy groups -OCH3 is 1. The Labute approximate surface area is 189 Å². The van der Waals surface area contributed by atoms with E-state index < -0.39 is 5.56 Å². The minimum atomic E-state index is -0.570. The van der Waals surface area contributed by atoms with E-state index in [1.54, 1.807) is 55.6 Å². The lowest BCUT2D eigenvalue weighted by molar-refractivity contribution is -0.121. The number of aromatic amines is 1. The molecule has 164 valence electrons. The quantitative estimate of drug-likeness (QED) is 0.424. The summed E-state index contributed by atoms with van der Waals surface area (Å²) < 4.78 is 10.0. The van der Waals surface area contributed by atoms with E-state index in [0.29, 0.717) is 35.2 Å². The average Bonchev–Trinajstić information content (AvgIpc) is 2.78. The lowest BCUT2D eigenvalue weighted by atomic mass is 10.1. The summed E-state index contributed by atoms with van der Waals surface area (Å²) >= 11 is 5.89. The maximum atomic E-state index is 12.4. The summed E-state index contributed by atoms with van der Waals surface area (Å²) in [5.74, 6) is -0.132. The van der Waals surface area contributed by atoms with Crippen molar-refractivity contribution in [2.45, 2.75) is 0 Å². The van der Waals surface area contributed by atoms with E-state index in [0.717, 1.165) is 0 Å². The monoisotopic (exact) mass is 453 g/mol. The smallest absolute Gasteiger partial charge is 0.270 e. The SMILES string of the molecule is COCCOCC(=O)Nc1ccc(-c2nc(Nc3ccc(Cl)cc3)[nH]c(=O)c2C#N)cc1. The molecule has 0 aliphatic carbocycles. The number of rotatable bonds is 9. The van der Waals surface area contributed by atoms with E-state index in [1.165, 1.54) is 0 Å². The van der Waals surface area contributed by atoms with Crippen LogP contribution in [0.5, 0.6) is 0 Å². The maximum absolute atomic E-state index is 12.4. The van der Waals surface area contributed by atoms with Gasteiger partial charge in [-0.3, -0.25) is 14.6 Å². The Morgan fingerprint density at radius 2 is 1.81 bits per heavy atom. The van der Waals surface area contributed by atoms with Crippen LogP contribution in [-0.4, -0.2) is 42.8 Å². The second kappa shape index (κ2) is 11.1. The zero-order chi connectivity index (χ0) is 22.9. The Balaban J connectivity index is 1.78. The van der Waals surface area contributed by atoms with Crippen LogP contribution in [-0.2, 0) is 14.3 Å². The van der Waals surface area contributed by atoms with E-state index in [9.17, 15) is 14.9 Å². The third kappa shape index (κ3) is 6.15. The van der Waals surface area contributed by atoms with Crippen molar-refractivity contribution in [3.63, 3.8) is 0 Å². The van der Waals surface area contributed by atoms with E-state index in [-0.39, 0.29) is 29.7 Å². The van der Waals surface area contributed by atoms with Gasteiger partial charge in [0.2, 0.25) is 11.9 Å². The number of amides is 1. The van der Waals surface area contributed by atoms with Gasteiger partial charge in [-0.25, -0.2) is 4.98 Å². The number of benzene rings is 2. The number of ether oxygens (including phenoxy) is 2. The highest BCUT2D eigenvalue weighted by Crippen LogP contribution is 2.23. The van der Waals surface area contributed by atoms with Crippen LogP contribution in [0.2, 0.25) is 5.02 Å². The van der Waals surface area contributed by atoms with Gasteiger partial charge in [0.05, 0.1) is 18.9 Å². The standard InChI is InChI=1S/C22H20ClN5O4/c1-31-10-11-32-13-19(29)25-16-6-2-14(3-7-16)20-18(12-24)21(30)28-22(27-20)26-17-8-4-15(23)5-9-17/h2-9H,10-11,13H2,1H3,(H,25,29)(H2,26,27,28,30). The van der Waals surface area contributed by atoms with Crippen LogP contribution in [0.25, 0.3) is 11.3 Å². The van der Waals surface area contributed by atoms with E-state index in [1.807, 2.05) is 6.07 Å². The summed E-state index contributed by atoms with van der Waals surface area (Å²) in [5, 5.41) is 15.7. The van der Waals surface area contributed by atoms with Gasteiger partial charge in [0.15, 0.2) is 0 Å². The van der Waals surface area contributed by atoms with Crippen LogP contribution < -0.4 is 16.2 Å². The van der Waals surface area contributed by atoms with E-state index in [2.05, 4.69) is 20.6 Å². The molecular formula is C22H20ClN5O4. The molecule has 3 rings (SSSR count). The average molecular weight is 454 g/mol. The topological polar surface area (TPSA) is 129 Å². The van der Waals surface area contributed by atoms with Gasteiger partial charge in [-0.1, -0.05) is 23.7 Å². The predicted octanol–water partition coefficient (Wildman–Crippen LogP) is 3.31. The van der Waals surface area contributed by atoms with Crippen LogP contribution in [0.3, 0.4) is 0 Å². The Morgan fingerprint density at radius 1 is 1.12 bits per heavy atom. The van der Waals surface area contributed by atoms with E-state index in [4.69, 9.17) is 21.1 Å². The molecule has 2 aromatic carbocycles. The van der Waals surface area contributed by atoms with Crippen LogP contribution in [0.1, 0.15) is 5.56 Å². The predicted molar refractivity (Wildman–Crippen MR) is 121 cm³/mol. The highest BCUT2D eigenvalue weighted by Gasteiger charge is 2.14. The first-order valence-corrected chi connectivity index (χ1v) is 9.92. The number of nitrogens with one attached hydrogen (secondary N) is 3. The molecule has 0 fully saturated rings. The lowest BCUT2D eigenvalue weighted by Crippen LogP contribution is -2.19. The number of carbonyl (C=O) groups is 1. The molecule has 1 aromatic heterocycles. The van der Waals surface area contributed by atoms with Gasteiger partial charge in [-0.2, -0.15) is 5.26 Å². The molecule has 0 aliphatic heterocycles. The molecule has 0 atom stereocenters. The summed E-state index contributed by atoms with van der Waals surface area (Å²) in [7, 11) is 1.55. The van der Waals surface area contributed by atoms with Crippen molar-refractivity contribution in [3.8, 4) is 17.3 Å². The van der Waals surface area contributed by atoms with Crippen LogP contribution in [0, 0.1) is 11.3 Å². The molecule has 0 saturated carbocycles. The molecule has 1 heterocycles. The fraction of sp³-hybridized carbons (Fsp3) is 0.182. The van der Waals surface area contributed by atoms with Crippen molar-refractivity contribution < 1.29 is 14.3 Å². The highest BCUT2D eigenvalue weighted by molar-refractivity contribution is 6.30. The van der Waals surface area contributed by atoms with Gasteiger partial charge >= 0.3 is 0 Å². The minimum absolute atomic E-state index is 0.0982. The van der Waals surface area contributed by atoms with Gasteiger partial charge in [-0.05, 0) is 36.4 Å². The Hall–Kier alpha value is -3.71. The van der Waals surface area contributed by atoms with Crippen molar-refractivity contribution in [1.29, 1.82) is 5.26 Å². The molecule has 0 unspecified atom stereocenters. The van der Waals surface area contributed by atoms with Gasteiger partial charge in [-0.15, -0.1) is 0 Å². The number of carbonyl (C=O) groups excluding carboxylic acids is 1. The normalized spacial score (nSPS) is 10.4. The van der Waals surface area contributed by atoms with Crippen LogP contribution >= 0.6 is 11.6 Å². The number of nitriles is 1. The molecule has 0 radical (unpaired) electrons. The zero-order valence-corrected chi connectivity index (χ0v) is 17.9. The molecule has 3 aromatic rings. The second-order valence-electron chi connectivity index (χ2n) is 6.55. The number of H-pyrrole nitrogens is 1. The summed E-state index contributed by atoms with van der Waals surface area (Å²) in [4.78, 5) is 31.3. The molecule has 3 N–H and O–H groups in total. The lowest BCUT2D eigenvalue weighted by Gasteiger charge is -2.10. The van der Waals surface area contributed by atoms with Crippen molar-refractivity contribution in [2.75, 3.05) is 37.6 Å². The maximum Gasteiger partial charge on any atom is 0.270 e. The molecule has 32 heavy (non-hydrogen) atoms. The molecule has 0 spiro atoms. The molecule has 9 nitrogen and oxygen atoms in total. The summed E-state index contributed by atoms with van der Waals surface area (Å²) in [6, 6.07) is 15.4. The fourth-order valence-electron chi connectivity index (χ4n) is 2.73. The first kappa shape index (κ1) is 23.0. The molecule has 0 aliphatic rings. The Kier molecular flexibility index (Phi) is 7.94. The molecule has 0 saturated heterocycles. The Morgan fingerprint density at radius 3 is 2.47 bits per heavy atom. The van der Waals surface area contributed by atoms with Crippen LogP contribution in [0.4, 0.5) is 17.3 Å².